The summed E-state index contributed by atoms with van der Waals surface area (Å²) in [5.74, 6) is -0.0442. The van der Waals surface area contributed by atoms with Crippen molar-refractivity contribution in [2.75, 3.05) is 0 Å². The Morgan fingerprint density at radius 2 is 1.54 bits per heavy atom. The number of nitrogens with zero attached hydrogens (tertiary/aromatic N) is 2. The molecule has 2 aromatic carbocycles. The van der Waals surface area contributed by atoms with Crippen LogP contribution in [0.15, 0.2) is 42.5 Å². The Kier molecular flexibility index (Phi) is 3.58. The van der Waals surface area contributed by atoms with Gasteiger partial charge in [0.2, 0.25) is 0 Å². The fourth-order valence-electron chi connectivity index (χ4n) is 2.54. The molecule has 0 aliphatic carbocycles. The number of hydrogen-bond donors (Lipinski definition) is 0. The molecule has 0 saturated carbocycles. The van der Waals surface area contributed by atoms with Gasteiger partial charge in [0.25, 0.3) is 0 Å². The van der Waals surface area contributed by atoms with Crippen molar-refractivity contribution in [2.24, 2.45) is 7.05 Å². The minimum atomic E-state index is -4.94. The molecule has 0 amide bonds. The highest BCUT2D eigenvalue weighted by atomic mass is 19.4. The molecule has 0 aliphatic heterocycles. The van der Waals surface area contributed by atoms with Crippen molar-refractivity contribution in [2.45, 2.75) is 12.4 Å². The van der Waals surface area contributed by atoms with Crippen LogP contribution in [0.25, 0.3) is 22.4 Å². The molecule has 1 aromatic heterocycles. The lowest BCUT2D eigenvalue weighted by atomic mass is 10.0. The lowest BCUT2D eigenvalue weighted by Crippen LogP contribution is -2.13. The molecule has 0 fully saturated rings. The number of alkyl halides is 6. The van der Waals surface area contributed by atoms with Gasteiger partial charge in [-0.2, -0.15) is 26.3 Å². The molecule has 0 atom stereocenters. The second kappa shape index (κ2) is 5.25. The minimum absolute atomic E-state index is 0.0442. The van der Waals surface area contributed by atoms with Crippen LogP contribution >= 0.6 is 0 Å². The number of aryl methyl sites for hydroxylation is 1. The van der Waals surface area contributed by atoms with E-state index in [9.17, 15) is 26.3 Å². The van der Waals surface area contributed by atoms with E-state index in [1.54, 1.807) is 24.3 Å². The van der Waals surface area contributed by atoms with Crippen molar-refractivity contribution >= 4 is 11.0 Å². The summed E-state index contributed by atoms with van der Waals surface area (Å²) in [5, 5.41) is 0. The summed E-state index contributed by atoms with van der Waals surface area (Å²) in [4.78, 5) is 4.13. The van der Waals surface area contributed by atoms with E-state index in [2.05, 4.69) is 4.98 Å². The molecule has 3 rings (SSSR count). The number of fused-ring (bicyclic) bond motifs is 1. The number of imidazole rings is 1. The fourth-order valence-corrected chi connectivity index (χ4v) is 2.54. The molecule has 3 aromatic rings. The van der Waals surface area contributed by atoms with Crippen LogP contribution in [-0.2, 0) is 19.4 Å². The zero-order chi connectivity index (χ0) is 17.7. The Bertz CT molecular complexity index is 905. The van der Waals surface area contributed by atoms with E-state index in [0.29, 0.717) is 17.1 Å². The minimum Gasteiger partial charge on any atom is -0.327 e. The van der Waals surface area contributed by atoms with Gasteiger partial charge in [-0.25, -0.2) is 4.98 Å². The molecular weight excluding hydrogens is 334 g/mol. The van der Waals surface area contributed by atoms with Crippen LogP contribution in [0.1, 0.15) is 11.1 Å². The Labute approximate surface area is 132 Å². The van der Waals surface area contributed by atoms with Crippen LogP contribution in [-0.4, -0.2) is 9.55 Å². The van der Waals surface area contributed by atoms with Gasteiger partial charge < -0.3 is 4.57 Å². The van der Waals surface area contributed by atoms with Crippen molar-refractivity contribution in [3.63, 3.8) is 0 Å². The lowest BCUT2D eigenvalue weighted by molar-refractivity contribution is -0.142. The van der Waals surface area contributed by atoms with Crippen molar-refractivity contribution in [1.29, 1.82) is 0 Å². The Hall–Kier alpha value is -2.51. The first-order valence-corrected chi connectivity index (χ1v) is 6.79. The van der Waals surface area contributed by atoms with Gasteiger partial charge >= 0.3 is 12.4 Å². The van der Waals surface area contributed by atoms with Gasteiger partial charge in [0.05, 0.1) is 22.2 Å². The molecule has 0 N–H and O–H groups in total. The molecular formula is C16H10F6N2. The number of para-hydroxylation sites is 2. The first-order valence-electron chi connectivity index (χ1n) is 6.79. The van der Waals surface area contributed by atoms with Gasteiger partial charge in [0, 0.05) is 12.6 Å². The standard InChI is InChI=1S/C16H10F6N2/c1-24-13-5-3-2-4-12(13)23-14(24)10-7-6-9(15(17,18)19)8-11(10)16(20,21)22/h2-8H,1H3. The summed E-state index contributed by atoms with van der Waals surface area (Å²) in [5.41, 5.74) is -2.06. The van der Waals surface area contributed by atoms with Crippen molar-refractivity contribution in [3.8, 4) is 11.4 Å². The van der Waals surface area contributed by atoms with Crippen molar-refractivity contribution in [1.82, 2.24) is 9.55 Å². The number of aromatic nitrogens is 2. The topological polar surface area (TPSA) is 17.8 Å². The summed E-state index contributed by atoms with van der Waals surface area (Å²) in [7, 11) is 1.52. The number of hydrogen-bond acceptors (Lipinski definition) is 1. The number of rotatable bonds is 1. The third kappa shape index (κ3) is 2.72. The van der Waals surface area contributed by atoms with Gasteiger partial charge in [0.1, 0.15) is 5.82 Å². The summed E-state index contributed by atoms with van der Waals surface area (Å²) in [6.45, 7) is 0. The van der Waals surface area contributed by atoms with E-state index in [-0.39, 0.29) is 11.9 Å². The molecule has 0 unspecified atom stereocenters. The van der Waals surface area contributed by atoms with E-state index >= 15 is 0 Å². The second-order valence-corrected chi connectivity index (χ2v) is 5.24. The second-order valence-electron chi connectivity index (χ2n) is 5.24. The van der Waals surface area contributed by atoms with Gasteiger partial charge in [-0.15, -0.1) is 0 Å². The monoisotopic (exact) mass is 344 g/mol. The van der Waals surface area contributed by atoms with Gasteiger partial charge in [-0.1, -0.05) is 18.2 Å². The lowest BCUT2D eigenvalue weighted by Gasteiger charge is -2.15. The van der Waals surface area contributed by atoms with Crippen LogP contribution < -0.4 is 0 Å². The predicted molar refractivity (Wildman–Crippen MR) is 76.2 cm³/mol. The zero-order valence-corrected chi connectivity index (χ0v) is 12.2. The highest BCUT2D eigenvalue weighted by molar-refractivity contribution is 5.81. The maximum absolute atomic E-state index is 13.3. The van der Waals surface area contributed by atoms with Crippen LogP contribution in [0.2, 0.25) is 0 Å². The van der Waals surface area contributed by atoms with E-state index in [4.69, 9.17) is 0 Å². The van der Waals surface area contributed by atoms with E-state index in [1.807, 2.05) is 0 Å². The summed E-state index contributed by atoms with van der Waals surface area (Å²) in [6.07, 6.45) is -9.79. The number of halogens is 6. The molecule has 2 nitrogen and oxygen atoms in total. The maximum Gasteiger partial charge on any atom is 0.417 e. The quantitative estimate of drug-likeness (QED) is 0.549. The summed E-state index contributed by atoms with van der Waals surface area (Å²) in [6, 6.07) is 8.23. The third-order valence-corrected chi connectivity index (χ3v) is 3.68. The van der Waals surface area contributed by atoms with E-state index in [1.165, 1.54) is 11.6 Å². The summed E-state index contributed by atoms with van der Waals surface area (Å²) >= 11 is 0. The Balaban J connectivity index is 2.28. The van der Waals surface area contributed by atoms with E-state index in [0.717, 1.165) is 6.07 Å². The molecule has 0 radical (unpaired) electrons. The summed E-state index contributed by atoms with van der Waals surface area (Å²) < 4.78 is 79.5. The van der Waals surface area contributed by atoms with Crippen LogP contribution in [0, 0.1) is 0 Å². The normalized spacial score (nSPS) is 12.8. The van der Waals surface area contributed by atoms with Crippen LogP contribution in [0.4, 0.5) is 26.3 Å². The molecule has 126 valence electrons. The van der Waals surface area contributed by atoms with Gasteiger partial charge in [0.15, 0.2) is 0 Å². The highest BCUT2D eigenvalue weighted by Gasteiger charge is 2.39. The number of benzene rings is 2. The molecule has 0 aliphatic rings. The van der Waals surface area contributed by atoms with Crippen LogP contribution in [0.3, 0.4) is 0 Å². The molecule has 8 heteroatoms. The average Bonchev–Trinajstić information content (AvgIpc) is 2.82. The van der Waals surface area contributed by atoms with Gasteiger partial charge in [-0.3, -0.25) is 0 Å². The zero-order valence-electron chi connectivity index (χ0n) is 12.2. The smallest absolute Gasteiger partial charge is 0.327 e. The molecule has 0 saturated heterocycles. The maximum atomic E-state index is 13.3. The first-order chi connectivity index (χ1) is 11.1. The third-order valence-electron chi connectivity index (χ3n) is 3.68. The van der Waals surface area contributed by atoms with E-state index < -0.39 is 29.0 Å². The first kappa shape index (κ1) is 16.4. The largest absolute Gasteiger partial charge is 0.417 e. The molecule has 24 heavy (non-hydrogen) atoms. The van der Waals surface area contributed by atoms with Crippen molar-refractivity contribution in [3.05, 3.63) is 53.6 Å². The molecule has 1 heterocycles. The Morgan fingerprint density at radius 1 is 0.875 bits per heavy atom. The highest BCUT2D eigenvalue weighted by Crippen LogP contribution is 2.41. The van der Waals surface area contributed by atoms with Crippen LogP contribution in [0.5, 0.6) is 0 Å². The molecule has 0 bridgehead atoms. The fraction of sp³-hybridized carbons (Fsp3) is 0.188. The average molecular weight is 344 g/mol. The van der Waals surface area contributed by atoms with Crippen molar-refractivity contribution < 1.29 is 26.3 Å². The van der Waals surface area contributed by atoms with Gasteiger partial charge in [-0.05, 0) is 24.3 Å². The predicted octanol–water partition coefficient (Wildman–Crippen LogP) is 5.28. The Morgan fingerprint density at radius 3 is 2.12 bits per heavy atom. The SMILES string of the molecule is Cn1c(-c2ccc(C(F)(F)F)cc2C(F)(F)F)nc2ccccc21. The molecule has 0 spiro atoms.